The van der Waals surface area contributed by atoms with Crippen molar-refractivity contribution < 1.29 is 23.8 Å². The first kappa shape index (κ1) is 18.8. The second-order valence-corrected chi connectivity index (χ2v) is 8.43. The lowest BCUT2D eigenvalue weighted by Gasteiger charge is -2.25. The summed E-state index contributed by atoms with van der Waals surface area (Å²) in [5.41, 5.74) is 3.51. The van der Waals surface area contributed by atoms with E-state index in [1.807, 2.05) is 32.0 Å². The first-order valence-corrected chi connectivity index (χ1v) is 9.78. The Morgan fingerprint density at radius 3 is 2.89 bits per heavy atom. The van der Waals surface area contributed by atoms with Gasteiger partial charge in [0.2, 0.25) is 0 Å². The van der Waals surface area contributed by atoms with E-state index in [9.17, 15) is 9.18 Å². The molecule has 1 aliphatic carbocycles. The Morgan fingerprint density at radius 2 is 2.11 bits per heavy atom. The van der Waals surface area contributed by atoms with Crippen molar-refractivity contribution >= 4 is 5.97 Å². The number of aliphatic carboxylic acids is 1. The Kier molecular flexibility index (Phi) is 4.77. The number of rotatable bonds is 5. The molecule has 1 N–H and O–H groups in total. The van der Waals surface area contributed by atoms with Gasteiger partial charge in [-0.15, -0.1) is 0 Å². The minimum absolute atomic E-state index is 0.0671. The molecular weight excluding hydrogens is 359 g/mol. The second-order valence-electron chi connectivity index (χ2n) is 8.43. The highest BCUT2D eigenvalue weighted by atomic mass is 19.1. The summed E-state index contributed by atoms with van der Waals surface area (Å²) in [6.07, 6.45) is 3.65. The molecule has 5 heteroatoms. The molecule has 0 aromatic heterocycles. The van der Waals surface area contributed by atoms with Gasteiger partial charge in [-0.25, -0.2) is 4.39 Å². The molecule has 1 atom stereocenters. The molecule has 0 spiro atoms. The largest absolute Gasteiger partial charge is 0.489 e. The number of halogens is 1. The van der Waals surface area contributed by atoms with Gasteiger partial charge in [-0.1, -0.05) is 6.07 Å². The molecule has 0 radical (unpaired) electrons. The van der Waals surface area contributed by atoms with E-state index >= 15 is 0 Å². The smallest absolute Gasteiger partial charge is 0.303 e. The molecule has 148 valence electrons. The highest BCUT2D eigenvalue weighted by Crippen LogP contribution is 2.39. The van der Waals surface area contributed by atoms with Crippen molar-refractivity contribution in [3.63, 3.8) is 0 Å². The van der Waals surface area contributed by atoms with Crippen molar-refractivity contribution in [3.05, 3.63) is 58.4 Å². The molecule has 1 aliphatic heterocycles. The predicted molar refractivity (Wildman–Crippen MR) is 104 cm³/mol. The molecule has 2 aliphatic rings. The summed E-state index contributed by atoms with van der Waals surface area (Å²) in [4.78, 5) is 11.1. The van der Waals surface area contributed by atoms with Gasteiger partial charge in [0, 0.05) is 17.5 Å². The first-order valence-electron chi connectivity index (χ1n) is 9.78. The van der Waals surface area contributed by atoms with Gasteiger partial charge < -0.3 is 14.6 Å². The van der Waals surface area contributed by atoms with Crippen LogP contribution in [0.2, 0.25) is 0 Å². The quantitative estimate of drug-likeness (QED) is 0.787. The van der Waals surface area contributed by atoms with E-state index in [0.717, 1.165) is 41.7 Å². The number of carboxylic acids is 1. The molecule has 0 bridgehead atoms. The normalized spacial score (nSPS) is 19.5. The van der Waals surface area contributed by atoms with Crippen LogP contribution in [0.15, 0.2) is 30.3 Å². The van der Waals surface area contributed by atoms with Crippen LogP contribution in [-0.2, 0) is 24.2 Å². The molecule has 1 heterocycles. The maximum atomic E-state index is 14.0. The van der Waals surface area contributed by atoms with E-state index in [2.05, 4.69) is 0 Å². The van der Waals surface area contributed by atoms with E-state index in [1.165, 1.54) is 12.1 Å². The van der Waals surface area contributed by atoms with Gasteiger partial charge in [-0.3, -0.25) is 4.79 Å². The second kappa shape index (κ2) is 7.12. The molecule has 0 saturated heterocycles. The molecule has 2 aromatic rings. The van der Waals surface area contributed by atoms with Gasteiger partial charge in [0.15, 0.2) is 0 Å². The number of ether oxygens (including phenoxy) is 2. The molecule has 0 amide bonds. The highest BCUT2D eigenvalue weighted by Gasteiger charge is 2.32. The minimum Gasteiger partial charge on any atom is -0.489 e. The minimum atomic E-state index is -0.763. The number of hydrogen-bond acceptors (Lipinski definition) is 3. The van der Waals surface area contributed by atoms with Gasteiger partial charge in [0.25, 0.3) is 0 Å². The predicted octanol–water partition coefficient (Wildman–Crippen LogP) is 5.01. The summed E-state index contributed by atoms with van der Waals surface area (Å²) in [6, 6.07) is 8.86. The number of aryl methyl sites for hydroxylation is 1. The third kappa shape index (κ3) is 3.84. The van der Waals surface area contributed by atoms with Gasteiger partial charge in [0.05, 0.1) is 6.42 Å². The van der Waals surface area contributed by atoms with Crippen molar-refractivity contribution in [1.29, 1.82) is 0 Å². The molecule has 1 unspecified atom stereocenters. The SMILES string of the molecule is CC1(C)Cc2cc(F)cc(COc3ccc4c(c3)CCCC4CC(=O)O)c2O1. The van der Waals surface area contributed by atoms with Crippen LogP contribution >= 0.6 is 0 Å². The Morgan fingerprint density at radius 1 is 1.29 bits per heavy atom. The van der Waals surface area contributed by atoms with Gasteiger partial charge >= 0.3 is 5.97 Å². The maximum absolute atomic E-state index is 14.0. The van der Waals surface area contributed by atoms with Crippen molar-refractivity contribution in [3.8, 4) is 11.5 Å². The topological polar surface area (TPSA) is 55.8 Å². The summed E-state index contributed by atoms with van der Waals surface area (Å²) in [7, 11) is 0. The maximum Gasteiger partial charge on any atom is 0.303 e. The summed E-state index contributed by atoms with van der Waals surface area (Å²) >= 11 is 0. The molecular formula is C23H25FO4. The summed E-state index contributed by atoms with van der Waals surface area (Å²) in [5, 5.41) is 9.13. The lowest BCUT2D eigenvalue weighted by atomic mass is 9.81. The molecule has 2 aromatic carbocycles. The summed E-state index contributed by atoms with van der Waals surface area (Å²) in [5.74, 6) is 0.468. The molecule has 4 rings (SSSR count). The van der Waals surface area contributed by atoms with E-state index in [1.54, 1.807) is 0 Å². The Hall–Kier alpha value is -2.56. The van der Waals surface area contributed by atoms with Crippen LogP contribution < -0.4 is 9.47 Å². The number of carbonyl (C=O) groups is 1. The molecule has 0 saturated carbocycles. The Balaban J connectivity index is 1.52. The van der Waals surface area contributed by atoms with E-state index in [-0.39, 0.29) is 30.4 Å². The fourth-order valence-corrected chi connectivity index (χ4v) is 4.42. The van der Waals surface area contributed by atoms with E-state index < -0.39 is 5.97 Å². The number of fused-ring (bicyclic) bond motifs is 2. The highest BCUT2D eigenvalue weighted by molar-refractivity contribution is 5.68. The summed E-state index contributed by atoms with van der Waals surface area (Å²) in [6.45, 7) is 4.21. The third-order valence-corrected chi connectivity index (χ3v) is 5.57. The Bertz CT molecular complexity index is 919. The van der Waals surface area contributed by atoms with Crippen LogP contribution in [0, 0.1) is 5.82 Å². The molecule has 0 fully saturated rings. The average Bonchev–Trinajstić information content (AvgIpc) is 2.93. The van der Waals surface area contributed by atoms with Gasteiger partial charge in [-0.2, -0.15) is 0 Å². The van der Waals surface area contributed by atoms with Crippen molar-refractivity contribution in [2.75, 3.05) is 0 Å². The van der Waals surface area contributed by atoms with Crippen LogP contribution in [-0.4, -0.2) is 16.7 Å². The standard InChI is InChI=1S/C23H25FO4/c1-23(2)12-16-8-18(24)9-17(22(16)28-23)13-27-19-6-7-20-14(10-19)4-3-5-15(20)11-21(25)26/h6-10,15H,3-5,11-13H2,1-2H3,(H,25,26). The van der Waals surface area contributed by atoms with Crippen molar-refractivity contribution in [2.24, 2.45) is 0 Å². The van der Waals surface area contributed by atoms with Crippen LogP contribution in [0.3, 0.4) is 0 Å². The zero-order chi connectivity index (χ0) is 19.9. The van der Waals surface area contributed by atoms with Crippen LogP contribution in [0.4, 0.5) is 4.39 Å². The Labute approximate surface area is 164 Å². The van der Waals surface area contributed by atoms with Gasteiger partial charge in [-0.05, 0) is 74.4 Å². The van der Waals surface area contributed by atoms with Crippen LogP contribution in [0.5, 0.6) is 11.5 Å². The van der Waals surface area contributed by atoms with E-state index in [4.69, 9.17) is 14.6 Å². The monoisotopic (exact) mass is 384 g/mol. The lowest BCUT2D eigenvalue weighted by molar-refractivity contribution is -0.137. The number of hydrogen-bond donors (Lipinski definition) is 1. The summed E-state index contributed by atoms with van der Waals surface area (Å²) < 4.78 is 26.0. The fraction of sp³-hybridized carbons (Fsp3) is 0.435. The number of carboxylic acid groups (broad SMARTS) is 1. The number of benzene rings is 2. The average molecular weight is 384 g/mol. The van der Waals surface area contributed by atoms with Gasteiger partial charge in [0.1, 0.15) is 29.5 Å². The zero-order valence-corrected chi connectivity index (χ0v) is 16.3. The lowest BCUT2D eigenvalue weighted by Crippen LogP contribution is -2.25. The molecule has 4 nitrogen and oxygen atoms in total. The fourth-order valence-electron chi connectivity index (χ4n) is 4.42. The zero-order valence-electron chi connectivity index (χ0n) is 16.3. The van der Waals surface area contributed by atoms with Crippen molar-refractivity contribution in [2.45, 2.75) is 64.1 Å². The van der Waals surface area contributed by atoms with Crippen LogP contribution in [0.25, 0.3) is 0 Å². The van der Waals surface area contributed by atoms with Crippen molar-refractivity contribution in [1.82, 2.24) is 0 Å². The third-order valence-electron chi connectivity index (χ3n) is 5.57. The molecule has 28 heavy (non-hydrogen) atoms. The van der Waals surface area contributed by atoms with Crippen LogP contribution in [0.1, 0.15) is 61.3 Å². The van der Waals surface area contributed by atoms with E-state index in [0.29, 0.717) is 17.7 Å². The first-order chi connectivity index (χ1) is 13.3.